The van der Waals surface area contributed by atoms with Crippen molar-refractivity contribution in [3.8, 4) is 16.9 Å². The number of hydrogen-bond donors (Lipinski definition) is 1. The fourth-order valence-electron chi connectivity index (χ4n) is 4.34. The SMILES string of the molecule is COc1cc2c(cc1-c1c(C)noc1C)[nH]c1nc(C)nc(Sc3cccc(C(C)(C)C)c3)c12. The number of ether oxygens (including phenoxy) is 1. The van der Waals surface area contributed by atoms with Crippen molar-refractivity contribution in [1.82, 2.24) is 20.1 Å². The number of nitrogens with one attached hydrogen (secondary N) is 1. The third kappa shape index (κ3) is 3.84. The number of fused-ring (bicyclic) bond motifs is 3. The summed E-state index contributed by atoms with van der Waals surface area (Å²) in [6.07, 6.45) is 0. The van der Waals surface area contributed by atoms with Gasteiger partial charge in [0.1, 0.15) is 28.0 Å². The van der Waals surface area contributed by atoms with Crippen LogP contribution in [-0.4, -0.2) is 27.2 Å². The van der Waals surface area contributed by atoms with Crippen molar-refractivity contribution < 1.29 is 9.26 Å². The number of hydrogen-bond acceptors (Lipinski definition) is 6. The van der Waals surface area contributed by atoms with E-state index in [4.69, 9.17) is 19.2 Å². The molecule has 3 aromatic heterocycles. The maximum atomic E-state index is 5.81. The minimum absolute atomic E-state index is 0.0796. The molecule has 0 radical (unpaired) electrons. The molecule has 0 saturated heterocycles. The first-order chi connectivity index (χ1) is 16.2. The quantitative estimate of drug-likeness (QED) is 0.280. The van der Waals surface area contributed by atoms with Gasteiger partial charge in [-0.25, -0.2) is 9.97 Å². The minimum Gasteiger partial charge on any atom is -0.496 e. The first-order valence-corrected chi connectivity index (χ1v) is 12.1. The number of rotatable bonds is 4. The minimum atomic E-state index is 0.0796. The van der Waals surface area contributed by atoms with E-state index in [0.717, 1.165) is 66.0 Å². The molecule has 0 amide bonds. The van der Waals surface area contributed by atoms with E-state index in [2.05, 4.69) is 67.3 Å². The van der Waals surface area contributed by atoms with E-state index in [-0.39, 0.29) is 5.41 Å². The van der Waals surface area contributed by atoms with Crippen molar-refractivity contribution in [1.29, 1.82) is 0 Å². The second-order valence-electron chi connectivity index (χ2n) is 9.60. The molecule has 174 valence electrons. The second-order valence-corrected chi connectivity index (χ2v) is 10.7. The highest BCUT2D eigenvalue weighted by Crippen LogP contribution is 2.42. The maximum Gasteiger partial charge on any atom is 0.143 e. The number of H-pyrrole nitrogens is 1. The highest BCUT2D eigenvalue weighted by Gasteiger charge is 2.21. The van der Waals surface area contributed by atoms with E-state index in [1.807, 2.05) is 20.8 Å². The zero-order valence-corrected chi connectivity index (χ0v) is 21.3. The van der Waals surface area contributed by atoms with Gasteiger partial charge in [-0.05, 0) is 56.0 Å². The zero-order valence-electron chi connectivity index (χ0n) is 20.5. The molecule has 0 aliphatic carbocycles. The van der Waals surface area contributed by atoms with Crippen LogP contribution in [0.4, 0.5) is 0 Å². The normalized spacial score (nSPS) is 12.1. The van der Waals surface area contributed by atoms with Crippen molar-refractivity contribution >= 4 is 33.7 Å². The fourth-order valence-corrected chi connectivity index (χ4v) is 5.38. The first kappa shape index (κ1) is 22.5. The molecule has 5 rings (SSSR count). The van der Waals surface area contributed by atoms with Gasteiger partial charge in [-0.15, -0.1) is 0 Å². The monoisotopic (exact) mass is 472 g/mol. The Hall–Kier alpha value is -3.32. The van der Waals surface area contributed by atoms with E-state index < -0.39 is 0 Å². The van der Waals surface area contributed by atoms with E-state index in [1.165, 1.54) is 5.56 Å². The Balaban J connectivity index is 1.71. The summed E-state index contributed by atoms with van der Waals surface area (Å²) in [6.45, 7) is 12.5. The van der Waals surface area contributed by atoms with E-state index in [1.54, 1.807) is 18.9 Å². The lowest BCUT2D eigenvalue weighted by atomic mass is 9.87. The van der Waals surface area contributed by atoms with Gasteiger partial charge in [-0.1, -0.05) is 49.8 Å². The Morgan fingerprint density at radius 3 is 2.50 bits per heavy atom. The Morgan fingerprint density at radius 2 is 1.82 bits per heavy atom. The predicted molar refractivity (Wildman–Crippen MR) is 137 cm³/mol. The van der Waals surface area contributed by atoms with Gasteiger partial charge in [0, 0.05) is 21.4 Å². The van der Waals surface area contributed by atoms with Crippen LogP contribution in [0.1, 0.15) is 43.6 Å². The molecule has 0 aliphatic heterocycles. The topological polar surface area (TPSA) is 76.8 Å². The smallest absolute Gasteiger partial charge is 0.143 e. The Kier molecular flexibility index (Phi) is 5.40. The number of nitrogens with zero attached hydrogens (tertiary/aromatic N) is 3. The zero-order chi connectivity index (χ0) is 24.2. The summed E-state index contributed by atoms with van der Waals surface area (Å²) in [6, 6.07) is 12.8. The van der Waals surface area contributed by atoms with Crippen molar-refractivity contribution in [3.05, 3.63) is 59.2 Å². The lowest BCUT2D eigenvalue weighted by Gasteiger charge is -2.19. The summed E-state index contributed by atoms with van der Waals surface area (Å²) in [4.78, 5) is 14.2. The van der Waals surface area contributed by atoms with Crippen LogP contribution >= 0.6 is 11.8 Å². The standard InChI is InChI=1S/C27H28N4O2S/c1-14-23(15(2)33-31-14)20-12-21-19(13-22(20)32-7)24-25(30-21)28-16(3)29-26(24)34-18-10-8-9-17(11-18)27(4,5)6/h8-13H,1-7H3,(H,28,29,30). The second kappa shape index (κ2) is 8.17. The third-order valence-electron chi connectivity index (χ3n) is 6.07. The summed E-state index contributed by atoms with van der Waals surface area (Å²) in [5.74, 6) is 2.25. The highest BCUT2D eigenvalue weighted by atomic mass is 32.2. The molecule has 7 heteroatoms. The van der Waals surface area contributed by atoms with Crippen LogP contribution in [0.5, 0.6) is 5.75 Å². The lowest BCUT2D eigenvalue weighted by molar-refractivity contribution is 0.393. The van der Waals surface area contributed by atoms with E-state index >= 15 is 0 Å². The average Bonchev–Trinajstić information content (AvgIpc) is 3.30. The van der Waals surface area contributed by atoms with Gasteiger partial charge in [-0.3, -0.25) is 0 Å². The molecule has 0 saturated carbocycles. The summed E-state index contributed by atoms with van der Waals surface area (Å²) in [5, 5.41) is 7.06. The van der Waals surface area contributed by atoms with Gasteiger partial charge < -0.3 is 14.2 Å². The number of aromatic nitrogens is 4. The van der Waals surface area contributed by atoms with Gasteiger partial charge in [-0.2, -0.15) is 0 Å². The van der Waals surface area contributed by atoms with Crippen LogP contribution in [0.15, 0.2) is 50.8 Å². The molecular formula is C27H28N4O2S. The van der Waals surface area contributed by atoms with Crippen LogP contribution in [-0.2, 0) is 5.41 Å². The van der Waals surface area contributed by atoms with Crippen molar-refractivity contribution in [2.75, 3.05) is 7.11 Å². The van der Waals surface area contributed by atoms with Gasteiger partial charge in [0.05, 0.1) is 23.8 Å². The maximum absolute atomic E-state index is 5.81. The van der Waals surface area contributed by atoms with Gasteiger partial charge in [0.15, 0.2) is 0 Å². The molecule has 0 aliphatic rings. The van der Waals surface area contributed by atoms with Crippen molar-refractivity contribution in [2.45, 2.75) is 56.9 Å². The molecule has 2 aromatic carbocycles. The van der Waals surface area contributed by atoms with Crippen molar-refractivity contribution in [3.63, 3.8) is 0 Å². The Labute approximate surface area is 203 Å². The summed E-state index contributed by atoms with van der Waals surface area (Å²) >= 11 is 1.66. The molecule has 34 heavy (non-hydrogen) atoms. The highest BCUT2D eigenvalue weighted by molar-refractivity contribution is 7.99. The molecule has 5 aromatic rings. The molecular weight excluding hydrogens is 444 g/mol. The number of aryl methyl sites for hydroxylation is 3. The number of aromatic amines is 1. The fraction of sp³-hybridized carbons (Fsp3) is 0.296. The van der Waals surface area contributed by atoms with Crippen molar-refractivity contribution in [2.24, 2.45) is 0 Å². The average molecular weight is 473 g/mol. The van der Waals surface area contributed by atoms with Crippen LogP contribution in [0.2, 0.25) is 0 Å². The van der Waals surface area contributed by atoms with Crippen LogP contribution in [0, 0.1) is 20.8 Å². The molecule has 3 heterocycles. The predicted octanol–water partition coefficient (Wildman–Crippen LogP) is 7.15. The van der Waals surface area contributed by atoms with E-state index in [0.29, 0.717) is 0 Å². The summed E-state index contributed by atoms with van der Waals surface area (Å²) < 4.78 is 11.2. The largest absolute Gasteiger partial charge is 0.496 e. The number of methoxy groups -OCH3 is 1. The van der Waals surface area contributed by atoms with E-state index in [9.17, 15) is 0 Å². The third-order valence-corrected chi connectivity index (χ3v) is 7.05. The van der Waals surface area contributed by atoms with Crippen LogP contribution in [0.25, 0.3) is 33.1 Å². The molecule has 0 atom stereocenters. The molecule has 0 spiro atoms. The summed E-state index contributed by atoms with van der Waals surface area (Å²) in [5.41, 5.74) is 5.88. The Bertz CT molecular complexity index is 1520. The summed E-state index contributed by atoms with van der Waals surface area (Å²) in [7, 11) is 1.69. The van der Waals surface area contributed by atoms with Gasteiger partial charge >= 0.3 is 0 Å². The molecule has 0 fully saturated rings. The van der Waals surface area contributed by atoms with Crippen LogP contribution in [0.3, 0.4) is 0 Å². The Morgan fingerprint density at radius 1 is 1.03 bits per heavy atom. The lowest BCUT2D eigenvalue weighted by Crippen LogP contribution is -2.10. The van der Waals surface area contributed by atoms with Gasteiger partial charge in [0.25, 0.3) is 0 Å². The first-order valence-electron chi connectivity index (χ1n) is 11.3. The molecule has 0 bridgehead atoms. The number of benzene rings is 2. The van der Waals surface area contributed by atoms with Crippen LogP contribution < -0.4 is 4.74 Å². The molecule has 1 N–H and O–H groups in total. The molecule has 0 unspecified atom stereocenters. The molecule has 6 nitrogen and oxygen atoms in total. The van der Waals surface area contributed by atoms with Gasteiger partial charge in [0.2, 0.25) is 0 Å².